The zero-order valence-electron chi connectivity index (χ0n) is 16.2. The highest BCUT2D eigenvalue weighted by atomic mass is 79.9. The van der Waals surface area contributed by atoms with E-state index in [2.05, 4.69) is 26.2 Å². The second kappa shape index (κ2) is 8.35. The molecule has 0 aliphatic carbocycles. The third kappa shape index (κ3) is 4.36. The molecule has 1 atom stereocenters. The Morgan fingerprint density at radius 2 is 1.97 bits per heavy atom. The summed E-state index contributed by atoms with van der Waals surface area (Å²) in [5, 5.41) is 11.5. The summed E-state index contributed by atoms with van der Waals surface area (Å²) in [5.74, 6) is -1.32. The zero-order chi connectivity index (χ0) is 22.1. The van der Waals surface area contributed by atoms with Crippen molar-refractivity contribution in [1.82, 2.24) is 9.55 Å². The Morgan fingerprint density at radius 3 is 2.68 bits per heavy atom. The van der Waals surface area contributed by atoms with Gasteiger partial charge in [-0.1, -0.05) is 28.1 Å². The van der Waals surface area contributed by atoms with Crippen LogP contribution in [0.3, 0.4) is 0 Å². The van der Waals surface area contributed by atoms with Crippen molar-refractivity contribution in [2.45, 2.75) is 25.3 Å². The number of H-pyrrole nitrogens is 1. The fourth-order valence-electron chi connectivity index (χ4n) is 3.88. The van der Waals surface area contributed by atoms with E-state index < -0.39 is 23.1 Å². The number of nitrogens with one attached hydrogen (secondary N) is 2. The van der Waals surface area contributed by atoms with E-state index in [1.165, 1.54) is 10.6 Å². The minimum Gasteiger partial charge on any atom is -0.478 e. The maximum absolute atomic E-state index is 12.7. The molecule has 2 heterocycles. The van der Waals surface area contributed by atoms with Gasteiger partial charge in [-0.25, -0.2) is 4.79 Å². The summed E-state index contributed by atoms with van der Waals surface area (Å²) in [7, 11) is 0. The number of nitrogens with zero attached hydrogens (tertiary/aromatic N) is 1. The molecular weight excluding hydrogens is 466 g/mol. The number of halogens is 1. The van der Waals surface area contributed by atoms with Gasteiger partial charge in [0.05, 0.1) is 11.0 Å². The Kier molecular flexibility index (Phi) is 5.60. The van der Waals surface area contributed by atoms with E-state index in [4.69, 9.17) is 5.11 Å². The lowest BCUT2D eigenvalue weighted by Gasteiger charge is -2.27. The van der Waals surface area contributed by atoms with Gasteiger partial charge in [-0.15, -0.1) is 0 Å². The number of carboxylic acids is 1. The highest BCUT2D eigenvalue weighted by Crippen LogP contribution is 2.32. The number of aromatic nitrogens is 2. The topological polar surface area (TPSA) is 121 Å². The van der Waals surface area contributed by atoms with Crippen LogP contribution in [0.1, 0.15) is 30.0 Å². The van der Waals surface area contributed by atoms with Gasteiger partial charge in [-0.3, -0.25) is 19.0 Å². The van der Waals surface area contributed by atoms with Crippen LogP contribution in [0.15, 0.2) is 56.5 Å². The van der Waals surface area contributed by atoms with Gasteiger partial charge in [0.2, 0.25) is 5.91 Å². The van der Waals surface area contributed by atoms with Gasteiger partial charge in [-0.05, 0) is 54.3 Å². The summed E-state index contributed by atoms with van der Waals surface area (Å²) in [6.45, 7) is 0. The number of aromatic amines is 1. The summed E-state index contributed by atoms with van der Waals surface area (Å²) < 4.78 is 2.26. The minimum atomic E-state index is -1.04. The van der Waals surface area contributed by atoms with Crippen LogP contribution in [0, 0.1) is 0 Å². The molecule has 0 saturated heterocycles. The van der Waals surface area contributed by atoms with E-state index in [-0.39, 0.29) is 12.3 Å². The van der Waals surface area contributed by atoms with Gasteiger partial charge in [0.25, 0.3) is 0 Å². The number of rotatable bonds is 5. The third-order valence-electron chi connectivity index (χ3n) is 5.20. The number of hydrogen-bond acceptors (Lipinski definition) is 4. The molecule has 0 bridgehead atoms. The largest absolute Gasteiger partial charge is 0.478 e. The number of anilines is 1. The molecule has 1 aromatic heterocycles. The van der Waals surface area contributed by atoms with Crippen molar-refractivity contribution < 1.29 is 14.7 Å². The lowest BCUT2D eigenvalue weighted by Crippen LogP contribution is -2.41. The SMILES string of the molecule is O=C(O)C=Cc1ccc(NC(=O)CC2CCc3cc(Br)cc4[nH]c(=O)c(=O)n2c34)cc1. The summed E-state index contributed by atoms with van der Waals surface area (Å²) in [6, 6.07) is 9.97. The van der Waals surface area contributed by atoms with Crippen LogP contribution in [-0.2, 0) is 16.0 Å². The number of hydrogen-bond donors (Lipinski definition) is 3. The molecule has 8 nitrogen and oxygen atoms in total. The van der Waals surface area contributed by atoms with Crippen LogP contribution in [0.25, 0.3) is 17.1 Å². The van der Waals surface area contributed by atoms with Gasteiger partial charge in [0.1, 0.15) is 0 Å². The average molecular weight is 484 g/mol. The average Bonchev–Trinajstić information content (AvgIpc) is 2.72. The molecule has 0 fully saturated rings. The smallest absolute Gasteiger partial charge is 0.328 e. The van der Waals surface area contributed by atoms with Crippen molar-refractivity contribution in [1.29, 1.82) is 0 Å². The Hall–Kier alpha value is -3.46. The third-order valence-corrected chi connectivity index (χ3v) is 5.66. The monoisotopic (exact) mass is 483 g/mol. The summed E-state index contributed by atoms with van der Waals surface area (Å²) in [4.78, 5) is 50.6. The number of carbonyl (C=O) groups excluding carboxylic acids is 1. The number of carbonyl (C=O) groups is 2. The van der Waals surface area contributed by atoms with Crippen molar-refractivity contribution in [3.8, 4) is 0 Å². The molecule has 0 saturated carbocycles. The molecule has 158 valence electrons. The first-order valence-electron chi connectivity index (χ1n) is 9.59. The molecule has 3 aromatic rings. The van der Waals surface area contributed by atoms with E-state index in [1.807, 2.05) is 6.07 Å². The van der Waals surface area contributed by atoms with Crippen LogP contribution >= 0.6 is 15.9 Å². The highest BCUT2D eigenvalue weighted by molar-refractivity contribution is 9.10. The molecule has 1 amide bonds. The number of aliphatic carboxylic acids is 1. The molecule has 1 aliphatic heterocycles. The molecule has 2 aromatic carbocycles. The number of benzene rings is 2. The summed E-state index contributed by atoms with van der Waals surface area (Å²) in [6.07, 6.45) is 3.79. The van der Waals surface area contributed by atoms with Gasteiger partial charge in [-0.2, -0.15) is 0 Å². The second-order valence-electron chi connectivity index (χ2n) is 7.33. The van der Waals surface area contributed by atoms with Crippen LogP contribution in [0.2, 0.25) is 0 Å². The highest BCUT2D eigenvalue weighted by Gasteiger charge is 2.26. The van der Waals surface area contributed by atoms with Crippen LogP contribution in [0.4, 0.5) is 5.69 Å². The van der Waals surface area contributed by atoms with Gasteiger partial charge >= 0.3 is 17.1 Å². The van der Waals surface area contributed by atoms with Crippen molar-refractivity contribution in [3.05, 3.63) is 78.8 Å². The van der Waals surface area contributed by atoms with E-state index in [1.54, 1.807) is 30.3 Å². The van der Waals surface area contributed by atoms with Crippen molar-refractivity contribution >= 4 is 50.6 Å². The van der Waals surface area contributed by atoms with Crippen molar-refractivity contribution in [2.75, 3.05) is 5.32 Å². The van der Waals surface area contributed by atoms with E-state index >= 15 is 0 Å². The Balaban J connectivity index is 1.56. The molecule has 9 heteroatoms. The normalized spacial score (nSPS) is 15.3. The van der Waals surface area contributed by atoms with Crippen molar-refractivity contribution in [3.63, 3.8) is 0 Å². The molecule has 31 heavy (non-hydrogen) atoms. The first kappa shape index (κ1) is 20.8. The lowest BCUT2D eigenvalue weighted by atomic mass is 9.96. The van der Waals surface area contributed by atoms with E-state index in [0.29, 0.717) is 35.1 Å². The first-order chi connectivity index (χ1) is 14.8. The Labute approximate surface area is 184 Å². The Morgan fingerprint density at radius 1 is 1.23 bits per heavy atom. The molecular formula is C22H18BrN3O5. The van der Waals surface area contributed by atoms with Gasteiger partial charge < -0.3 is 15.4 Å². The maximum Gasteiger partial charge on any atom is 0.328 e. The predicted octanol–water partition coefficient (Wildman–Crippen LogP) is 3.07. The fraction of sp³-hybridized carbons (Fsp3) is 0.182. The number of amides is 1. The summed E-state index contributed by atoms with van der Waals surface area (Å²) in [5.41, 5.74) is 2.03. The number of carboxylic acid groups (broad SMARTS) is 1. The minimum absolute atomic E-state index is 0.0502. The standard InChI is InChI=1S/C22H18BrN3O5/c23-14-9-13-4-7-16(26-20(13)17(10-14)25-21(30)22(26)31)11-18(27)24-15-5-1-12(2-6-15)3-8-19(28)29/h1-3,5-6,8-10,16H,4,7,11H2,(H,24,27)(H,25,30)(H,28,29). The first-order valence-corrected chi connectivity index (χ1v) is 10.4. The van der Waals surface area contributed by atoms with E-state index in [0.717, 1.165) is 16.1 Å². The molecule has 3 N–H and O–H groups in total. The molecule has 1 unspecified atom stereocenters. The molecule has 1 aliphatic rings. The van der Waals surface area contributed by atoms with E-state index in [9.17, 15) is 19.2 Å². The van der Waals surface area contributed by atoms with Gasteiger partial charge in [0, 0.05) is 28.7 Å². The second-order valence-corrected chi connectivity index (χ2v) is 8.24. The fourth-order valence-corrected chi connectivity index (χ4v) is 4.38. The quantitative estimate of drug-likeness (QED) is 0.380. The van der Waals surface area contributed by atoms with Crippen LogP contribution in [-0.4, -0.2) is 26.5 Å². The predicted molar refractivity (Wildman–Crippen MR) is 120 cm³/mol. The number of aryl methyl sites for hydroxylation is 1. The maximum atomic E-state index is 12.7. The zero-order valence-corrected chi connectivity index (χ0v) is 17.8. The lowest BCUT2D eigenvalue weighted by molar-refractivity contribution is -0.131. The van der Waals surface area contributed by atoms with Crippen molar-refractivity contribution in [2.24, 2.45) is 0 Å². The molecule has 4 rings (SSSR count). The van der Waals surface area contributed by atoms with Crippen LogP contribution < -0.4 is 16.4 Å². The molecule has 0 radical (unpaired) electrons. The summed E-state index contributed by atoms with van der Waals surface area (Å²) >= 11 is 3.42. The Bertz CT molecular complexity index is 1340. The molecule has 0 spiro atoms. The van der Waals surface area contributed by atoms with Crippen LogP contribution in [0.5, 0.6) is 0 Å². The van der Waals surface area contributed by atoms with Gasteiger partial charge in [0.15, 0.2) is 0 Å².